The van der Waals surface area contributed by atoms with Crippen molar-refractivity contribution in [2.45, 2.75) is 97.7 Å². The molecule has 0 aliphatic rings. The minimum atomic E-state index is -0.714. The molecule has 1 atom stereocenters. The summed E-state index contributed by atoms with van der Waals surface area (Å²) in [5.74, 6) is 0.161. The van der Waals surface area contributed by atoms with Crippen LogP contribution in [0.3, 0.4) is 0 Å². The first kappa shape index (κ1) is 27.4. The number of rotatable bonds is 7. The molecule has 0 aliphatic carbocycles. The third-order valence-electron chi connectivity index (χ3n) is 6.94. The summed E-state index contributed by atoms with van der Waals surface area (Å²) in [6.07, 6.45) is 0.175. The lowest BCUT2D eigenvalue weighted by Crippen LogP contribution is -2.46. The van der Waals surface area contributed by atoms with Crippen molar-refractivity contribution in [3.05, 3.63) is 65.2 Å². The molecule has 0 N–H and O–H groups in total. The highest BCUT2D eigenvalue weighted by molar-refractivity contribution is 5.67. The Bertz CT molecular complexity index is 994. The van der Waals surface area contributed by atoms with E-state index in [9.17, 15) is 9.59 Å². The van der Waals surface area contributed by atoms with Crippen LogP contribution in [0, 0.1) is 0 Å². The van der Waals surface area contributed by atoms with Crippen molar-refractivity contribution in [3.8, 4) is 5.75 Å². The fraction of sp³-hybridized carbons (Fsp3) is 0.517. The zero-order chi connectivity index (χ0) is 25.9. The van der Waals surface area contributed by atoms with Crippen molar-refractivity contribution in [1.29, 1.82) is 0 Å². The van der Waals surface area contributed by atoms with Crippen molar-refractivity contribution in [2.24, 2.45) is 0 Å². The number of hydrogen-bond donors (Lipinski definition) is 0. The van der Waals surface area contributed by atoms with Crippen LogP contribution in [-0.4, -0.2) is 23.3 Å². The van der Waals surface area contributed by atoms with Crippen molar-refractivity contribution < 1.29 is 23.8 Å². The summed E-state index contributed by atoms with van der Waals surface area (Å²) in [6, 6.07) is 16.1. The second-order valence-corrected chi connectivity index (χ2v) is 11.1. The first-order valence-corrected chi connectivity index (χ1v) is 11.8. The average Bonchev–Trinajstić information content (AvgIpc) is 2.71. The van der Waals surface area contributed by atoms with Crippen LogP contribution in [0.25, 0.3) is 0 Å². The van der Waals surface area contributed by atoms with Crippen LogP contribution in [0.15, 0.2) is 48.5 Å². The summed E-state index contributed by atoms with van der Waals surface area (Å²) in [6.45, 7) is 19.3. The van der Waals surface area contributed by atoms with Gasteiger partial charge in [0.1, 0.15) is 17.0 Å². The Labute approximate surface area is 204 Å². The molecule has 186 valence electrons. The summed E-state index contributed by atoms with van der Waals surface area (Å²) in [5.41, 5.74) is 1.55. The zero-order valence-electron chi connectivity index (χ0n) is 22.4. The number of benzene rings is 2. The van der Waals surface area contributed by atoms with Gasteiger partial charge in [-0.3, -0.25) is 4.79 Å². The molecule has 0 spiro atoms. The van der Waals surface area contributed by atoms with E-state index in [1.54, 1.807) is 32.9 Å². The van der Waals surface area contributed by atoms with Gasteiger partial charge in [-0.2, -0.15) is 0 Å². The van der Waals surface area contributed by atoms with Gasteiger partial charge in [-0.15, -0.1) is 0 Å². The molecule has 2 aromatic rings. The standard InChI is InChI=1S/C29H40O5/c1-11-29(10,23-16-18-24(19-17-23)32-25(31)34-26(3,4)5)22-14-12-21(13-15-22)27(6,7)28(8,9)33-20(2)30/h12-19H,11H2,1-10H3. The molecule has 0 heterocycles. The van der Waals surface area contributed by atoms with Gasteiger partial charge in [-0.05, 0) is 69.9 Å². The maximum absolute atomic E-state index is 12.0. The summed E-state index contributed by atoms with van der Waals surface area (Å²) < 4.78 is 16.2. The molecule has 0 aromatic heterocycles. The van der Waals surface area contributed by atoms with Gasteiger partial charge in [0, 0.05) is 17.8 Å². The molecular weight excluding hydrogens is 428 g/mol. The Kier molecular flexibility index (Phi) is 7.91. The van der Waals surface area contributed by atoms with E-state index in [0.717, 1.165) is 17.5 Å². The van der Waals surface area contributed by atoms with E-state index in [1.807, 2.05) is 26.0 Å². The van der Waals surface area contributed by atoms with Crippen LogP contribution >= 0.6 is 0 Å². The minimum Gasteiger partial charge on any atom is -0.459 e. The van der Waals surface area contributed by atoms with Gasteiger partial charge in [-0.1, -0.05) is 64.1 Å². The summed E-state index contributed by atoms with van der Waals surface area (Å²) >= 11 is 0. The Morgan fingerprint density at radius 1 is 0.706 bits per heavy atom. The largest absolute Gasteiger partial charge is 0.514 e. The number of esters is 1. The first-order valence-electron chi connectivity index (χ1n) is 11.8. The highest BCUT2D eigenvalue weighted by atomic mass is 16.7. The van der Waals surface area contributed by atoms with Crippen molar-refractivity contribution >= 4 is 12.1 Å². The van der Waals surface area contributed by atoms with E-state index >= 15 is 0 Å². The molecule has 2 rings (SSSR count). The number of carbonyl (C=O) groups excluding carboxylic acids is 2. The fourth-order valence-corrected chi connectivity index (χ4v) is 3.92. The Morgan fingerprint density at radius 3 is 1.56 bits per heavy atom. The molecule has 0 amide bonds. The molecule has 0 saturated carbocycles. The molecule has 34 heavy (non-hydrogen) atoms. The Balaban J connectivity index is 2.28. The Hall–Kier alpha value is -2.82. The Morgan fingerprint density at radius 2 is 1.15 bits per heavy atom. The van der Waals surface area contributed by atoms with Crippen LogP contribution in [0.4, 0.5) is 4.79 Å². The van der Waals surface area contributed by atoms with Crippen molar-refractivity contribution in [3.63, 3.8) is 0 Å². The van der Waals surface area contributed by atoms with E-state index in [-0.39, 0.29) is 16.8 Å². The van der Waals surface area contributed by atoms with Crippen LogP contribution in [0.5, 0.6) is 5.75 Å². The second kappa shape index (κ2) is 9.81. The van der Waals surface area contributed by atoms with Gasteiger partial charge < -0.3 is 14.2 Å². The molecule has 5 nitrogen and oxygen atoms in total. The highest BCUT2D eigenvalue weighted by Crippen LogP contribution is 2.40. The highest BCUT2D eigenvalue weighted by Gasteiger charge is 2.41. The van der Waals surface area contributed by atoms with Crippen molar-refractivity contribution in [1.82, 2.24) is 0 Å². The van der Waals surface area contributed by atoms with Crippen LogP contribution in [0.2, 0.25) is 0 Å². The van der Waals surface area contributed by atoms with Crippen molar-refractivity contribution in [2.75, 3.05) is 0 Å². The molecule has 0 bridgehead atoms. The second-order valence-electron chi connectivity index (χ2n) is 11.1. The van der Waals surface area contributed by atoms with Crippen LogP contribution in [-0.2, 0) is 25.1 Å². The van der Waals surface area contributed by atoms with Gasteiger partial charge in [0.25, 0.3) is 0 Å². The SMILES string of the molecule is CCC(C)(c1ccc(OC(=O)OC(C)(C)C)cc1)c1ccc(C(C)(C)C(C)(C)OC(C)=O)cc1. The predicted molar refractivity (Wildman–Crippen MR) is 135 cm³/mol. The van der Waals surface area contributed by atoms with E-state index in [4.69, 9.17) is 14.2 Å². The maximum Gasteiger partial charge on any atom is 0.514 e. The molecule has 0 saturated heterocycles. The number of hydrogen-bond acceptors (Lipinski definition) is 5. The van der Waals surface area contributed by atoms with Gasteiger partial charge in [0.15, 0.2) is 0 Å². The third kappa shape index (κ3) is 6.19. The first-order chi connectivity index (χ1) is 15.5. The van der Waals surface area contributed by atoms with Gasteiger partial charge in [0.05, 0.1) is 0 Å². The van der Waals surface area contributed by atoms with E-state index < -0.39 is 17.4 Å². The quantitative estimate of drug-likeness (QED) is 0.314. The topological polar surface area (TPSA) is 61.8 Å². The molecule has 0 aliphatic heterocycles. The van der Waals surface area contributed by atoms with E-state index in [1.165, 1.54) is 12.5 Å². The van der Waals surface area contributed by atoms with Crippen LogP contribution < -0.4 is 4.74 Å². The number of ether oxygens (including phenoxy) is 3. The lowest BCUT2D eigenvalue weighted by Gasteiger charge is -2.41. The number of carbonyl (C=O) groups is 2. The maximum atomic E-state index is 12.0. The van der Waals surface area contributed by atoms with Crippen LogP contribution in [0.1, 0.15) is 92.3 Å². The molecule has 2 aromatic carbocycles. The smallest absolute Gasteiger partial charge is 0.459 e. The summed E-state index contributed by atoms with van der Waals surface area (Å²) in [4.78, 5) is 23.6. The molecular formula is C29H40O5. The normalized spacial score (nSPS) is 14.2. The van der Waals surface area contributed by atoms with E-state index in [2.05, 4.69) is 52.0 Å². The summed E-state index contributed by atoms with van der Waals surface area (Å²) in [7, 11) is 0. The zero-order valence-corrected chi connectivity index (χ0v) is 22.4. The lowest BCUT2D eigenvalue weighted by molar-refractivity contribution is -0.159. The van der Waals surface area contributed by atoms with Gasteiger partial charge in [-0.25, -0.2) is 4.79 Å². The molecule has 5 heteroatoms. The van der Waals surface area contributed by atoms with E-state index in [0.29, 0.717) is 5.75 Å². The minimum absolute atomic E-state index is 0.224. The third-order valence-corrected chi connectivity index (χ3v) is 6.94. The lowest BCUT2D eigenvalue weighted by atomic mass is 9.70. The van der Waals surface area contributed by atoms with Gasteiger partial charge in [0.2, 0.25) is 0 Å². The van der Waals surface area contributed by atoms with Gasteiger partial charge >= 0.3 is 12.1 Å². The summed E-state index contributed by atoms with van der Waals surface area (Å²) in [5, 5.41) is 0. The molecule has 1 unspecified atom stereocenters. The molecule has 0 fully saturated rings. The fourth-order valence-electron chi connectivity index (χ4n) is 3.92. The average molecular weight is 469 g/mol. The predicted octanol–water partition coefficient (Wildman–Crippen LogP) is 7.34. The monoisotopic (exact) mass is 468 g/mol. The molecule has 0 radical (unpaired) electrons.